The second-order valence-electron chi connectivity index (χ2n) is 7.13. The van der Waals surface area contributed by atoms with Crippen molar-refractivity contribution in [2.24, 2.45) is 17.8 Å². The first-order chi connectivity index (χ1) is 12.2. The number of ether oxygens (including phenoxy) is 2. The van der Waals surface area contributed by atoms with Crippen LogP contribution in [0.4, 0.5) is 0 Å². The molecule has 1 heterocycles. The molecule has 4 atom stereocenters. The molecule has 2 fully saturated rings. The number of methoxy groups -OCH3 is 1. The number of nitrogens with one attached hydrogen (secondary N) is 1. The van der Waals surface area contributed by atoms with Gasteiger partial charge in [-0.25, -0.2) is 4.79 Å². The van der Waals surface area contributed by atoms with Gasteiger partial charge in [0, 0.05) is 23.6 Å². The second-order valence-corrected chi connectivity index (χ2v) is 7.91. The molecule has 6 heteroatoms. The van der Waals surface area contributed by atoms with E-state index in [0.717, 1.165) is 30.7 Å². The number of esters is 1. The van der Waals surface area contributed by atoms with Crippen molar-refractivity contribution in [2.45, 2.75) is 44.6 Å². The highest BCUT2D eigenvalue weighted by atomic mass is 32.1. The molecule has 138 valence electrons. The third kappa shape index (κ3) is 4.61. The van der Waals surface area contributed by atoms with Crippen LogP contribution >= 0.6 is 11.3 Å². The van der Waals surface area contributed by atoms with Crippen LogP contribution in [0.2, 0.25) is 0 Å². The number of hydrogen-bond donors (Lipinski definition) is 1. The zero-order valence-electron chi connectivity index (χ0n) is 14.7. The van der Waals surface area contributed by atoms with Crippen molar-refractivity contribution in [3.05, 3.63) is 22.4 Å². The van der Waals surface area contributed by atoms with E-state index in [1.165, 1.54) is 26.4 Å². The number of thiophene rings is 1. The van der Waals surface area contributed by atoms with Gasteiger partial charge in [-0.05, 0) is 61.3 Å². The molecular weight excluding hydrogens is 338 g/mol. The van der Waals surface area contributed by atoms with E-state index in [1.54, 1.807) is 11.3 Å². The van der Waals surface area contributed by atoms with Crippen LogP contribution < -0.4 is 5.32 Å². The first kappa shape index (κ1) is 18.4. The van der Waals surface area contributed by atoms with Crippen LogP contribution in [-0.2, 0) is 14.3 Å². The van der Waals surface area contributed by atoms with Gasteiger partial charge in [-0.2, -0.15) is 11.3 Å². The molecule has 2 bridgehead atoms. The molecule has 3 rings (SSSR count). The monoisotopic (exact) mass is 365 g/mol. The summed E-state index contributed by atoms with van der Waals surface area (Å²) in [7, 11) is 1.37. The van der Waals surface area contributed by atoms with Gasteiger partial charge in [0.1, 0.15) is 6.61 Å². The molecule has 0 radical (unpaired) electrons. The highest BCUT2D eigenvalue weighted by molar-refractivity contribution is 7.08. The quantitative estimate of drug-likeness (QED) is 0.539. The molecule has 2 aliphatic carbocycles. The van der Waals surface area contributed by atoms with Crippen LogP contribution in [0.25, 0.3) is 0 Å². The minimum atomic E-state index is -0.329. The summed E-state index contributed by atoms with van der Waals surface area (Å²) >= 11 is 1.56. The van der Waals surface area contributed by atoms with Gasteiger partial charge in [0.25, 0.3) is 5.91 Å². The molecule has 1 amide bonds. The number of rotatable bonds is 9. The first-order valence-electron chi connectivity index (χ1n) is 9.16. The molecule has 2 aliphatic rings. The predicted molar refractivity (Wildman–Crippen MR) is 96.6 cm³/mol. The summed E-state index contributed by atoms with van der Waals surface area (Å²) < 4.78 is 9.86. The van der Waals surface area contributed by atoms with Gasteiger partial charge in [-0.15, -0.1) is 0 Å². The summed E-state index contributed by atoms with van der Waals surface area (Å²) in [5.74, 6) is 1.73. The average molecular weight is 365 g/mol. The highest BCUT2D eigenvalue weighted by Crippen LogP contribution is 2.50. The number of amides is 1. The van der Waals surface area contributed by atoms with E-state index in [0.29, 0.717) is 24.5 Å². The zero-order chi connectivity index (χ0) is 17.6. The van der Waals surface area contributed by atoms with Crippen molar-refractivity contribution in [3.63, 3.8) is 0 Å². The van der Waals surface area contributed by atoms with Gasteiger partial charge in [-0.3, -0.25) is 4.79 Å². The standard InChI is InChI=1S/C19H27NO4S/c1-23-17(21)11-24-8-3-2-4-16-13-5-6-14(10-13)18(16)20-19(22)15-7-9-25-12-15/h7,9,12-14,16,18H,2-6,8,10-11H2,1H3,(H,20,22). The largest absolute Gasteiger partial charge is 0.467 e. The van der Waals surface area contributed by atoms with Crippen molar-refractivity contribution >= 4 is 23.2 Å². The molecular formula is C19H27NO4S. The summed E-state index contributed by atoms with van der Waals surface area (Å²) in [6, 6.07) is 2.21. The summed E-state index contributed by atoms with van der Waals surface area (Å²) in [5, 5.41) is 7.17. The molecule has 0 aliphatic heterocycles. The third-order valence-corrected chi connectivity index (χ3v) is 6.38. The van der Waals surface area contributed by atoms with Gasteiger partial charge in [0.2, 0.25) is 0 Å². The van der Waals surface area contributed by atoms with Crippen LogP contribution in [0.1, 0.15) is 48.9 Å². The molecule has 1 N–H and O–H groups in total. The molecule has 4 unspecified atom stereocenters. The molecule has 0 aromatic carbocycles. The molecule has 0 spiro atoms. The normalized spacial score (nSPS) is 27.4. The maximum Gasteiger partial charge on any atom is 0.331 e. The van der Waals surface area contributed by atoms with Gasteiger partial charge >= 0.3 is 5.97 Å². The first-order valence-corrected chi connectivity index (χ1v) is 10.1. The van der Waals surface area contributed by atoms with Crippen LogP contribution in [0.5, 0.6) is 0 Å². The van der Waals surface area contributed by atoms with E-state index in [9.17, 15) is 9.59 Å². The Morgan fingerprint density at radius 2 is 2.12 bits per heavy atom. The molecule has 25 heavy (non-hydrogen) atoms. The minimum absolute atomic E-state index is 0.0317. The third-order valence-electron chi connectivity index (χ3n) is 5.69. The Kier molecular flexibility index (Phi) is 6.48. The fraction of sp³-hybridized carbons (Fsp3) is 0.684. The molecule has 2 saturated carbocycles. The van der Waals surface area contributed by atoms with Crippen molar-refractivity contribution in [3.8, 4) is 0 Å². The second kappa shape index (κ2) is 8.81. The summed E-state index contributed by atoms with van der Waals surface area (Å²) in [6.07, 6.45) is 6.95. The fourth-order valence-electron chi connectivity index (χ4n) is 4.48. The number of hydrogen-bond acceptors (Lipinski definition) is 5. The van der Waals surface area contributed by atoms with E-state index in [4.69, 9.17) is 4.74 Å². The van der Waals surface area contributed by atoms with Crippen LogP contribution in [0, 0.1) is 17.8 Å². The van der Waals surface area contributed by atoms with E-state index < -0.39 is 0 Å². The number of carbonyl (C=O) groups is 2. The Hall–Kier alpha value is -1.40. The lowest BCUT2D eigenvalue weighted by molar-refractivity contribution is -0.145. The lowest BCUT2D eigenvalue weighted by atomic mass is 9.81. The lowest BCUT2D eigenvalue weighted by Crippen LogP contribution is -2.43. The number of carbonyl (C=O) groups excluding carboxylic acids is 2. The molecule has 0 saturated heterocycles. The Morgan fingerprint density at radius 1 is 1.28 bits per heavy atom. The SMILES string of the molecule is COC(=O)COCCCCC1C2CCC(C2)C1NC(=O)c1ccsc1. The van der Waals surface area contributed by atoms with Crippen LogP contribution in [0.15, 0.2) is 16.8 Å². The molecule has 1 aromatic rings. The number of fused-ring (bicyclic) bond motifs is 2. The van der Waals surface area contributed by atoms with E-state index >= 15 is 0 Å². The fourth-order valence-corrected chi connectivity index (χ4v) is 5.11. The Bertz CT molecular complexity index is 574. The van der Waals surface area contributed by atoms with Gasteiger partial charge < -0.3 is 14.8 Å². The van der Waals surface area contributed by atoms with Gasteiger partial charge in [0.05, 0.1) is 7.11 Å². The molecule has 5 nitrogen and oxygen atoms in total. The minimum Gasteiger partial charge on any atom is -0.467 e. The molecule has 1 aromatic heterocycles. The smallest absolute Gasteiger partial charge is 0.331 e. The van der Waals surface area contributed by atoms with Crippen molar-refractivity contribution in [1.82, 2.24) is 5.32 Å². The lowest BCUT2D eigenvalue weighted by Gasteiger charge is -2.32. The summed E-state index contributed by atoms with van der Waals surface area (Å²) in [6.45, 7) is 0.617. The summed E-state index contributed by atoms with van der Waals surface area (Å²) in [5.41, 5.74) is 0.780. The topological polar surface area (TPSA) is 64.6 Å². The van der Waals surface area contributed by atoms with E-state index in [1.807, 2.05) is 16.8 Å². The van der Waals surface area contributed by atoms with Gasteiger partial charge in [-0.1, -0.05) is 6.42 Å². The van der Waals surface area contributed by atoms with Gasteiger partial charge in [0.15, 0.2) is 0 Å². The Morgan fingerprint density at radius 3 is 2.88 bits per heavy atom. The van der Waals surface area contributed by atoms with Crippen molar-refractivity contribution in [2.75, 3.05) is 20.3 Å². The number of unbranched alkanes of at least 4 members (excludes halogenated alkanes) is 1. The van der Waals surface area contributed by atoms with Crippen molar-refractivity contribution in [1.29, 1.82) is 0 Å². The van der Waals surface area contributed by atoms with Crippen LogP contribution in [-0.4, -0.2) is 38.2 Å². The Balaban J connectivity index is 1.43. The highest BCUT2D eigenvalue weighted by Gasteiger charge is 2.47. The van der Waals surface area contributed by atoms with Crippen molar-refractivity contribution < 1.29 is 19.1 Å². The van der Waals surface area contributed by atoms with Crippen LogP contribution in [0.3, 0.4) is 0 Å². The zero-order valence-corrected chi connectivity index (χ0v) is 15.6. The maximum absolute atomic E-state index is 12.4. The Labute approximate surface area is 153 Å². The van der Waals surface area contributed by atoms with E-state index in [-0.39, 0.29) is 18.5 Å². The maximum atomic E-state index is 12.4. The average Bonchev–Trinajstić information content (AvgIpc) is 3.35. The van der Waals surface area contributed by atoms with E-state index in [2.05, 4.69) is 10.1 Å². The summed E-state index contributed by atoms with van der Waals surface area (Å²) in [4.78, 5) is 23.4. The predicted octanol–water partition coefficient (Wildman–Crippen LogP) is 3.25.